The van der Waals surface area contributed by atoms with E-state index in [9.17, 15) is 9.59 Å². The number of carbonyl (C=O) groups is 2. The number of nitrogens with one attached hydrogen (secondary N) is 1. The van der Waals surface area contributed by atoms with Gasteiger partial charge in [-0.05, 0) is 77.9 Å². The van der Waals surface area contributed by atoms with E-state index in [4.69, 9.17) is 18.9 Å². The number of esters is 1. The van der Waals surface area contributed by atoms with Crippen molar-refractivity contribution in [1.29, 1.82) is 0 Å². The number of aliphatic imine (C=N–C) groups is 1. The normalized spacial score (nSPS) is 15.0. The zero-order valence-corrected chi connectivity index (χ0v) is 24.9. The molecule has 10 heteroatoms. The Morgan fingerprint density at radius 2 is 1.82 bits per heavy atom. The summed E-state index contributed by atoms with van der Waals surface area (Å²) in [6.07, 6.45) is 4.51. The summed E-state index contributed by atoms with van der Waals surface area (Å²) in [5.74, 6) is 0.878. The van der Waals surface area contributed by atoms with Gasteiger partial charge in [-0.25, -0.2) is 9.79 Å². The molecule has 2 aromatic heterocycles. The van der Waals surface area contributed by atoms with Gasteiger partial charge in [0.2, 0.25) is 5.76 Å². The predicted molar refractivity (Wildman–Crippen MR) is 170 cm³/mol. The summed E-state index contributed by atoms with van der Waals surface area (Å²) in [5.41, 5.74) is 3.76. The molecule has 0 radical (unpaired) electrons. The minimum Gasteiger partial charge on any atom is -0.493 e. The van der Waals surface area contributed by atoms with E-state index in [0.717, 1.165) is 27.7 Å². The maximum absolute atomic E-state index is 13.7. The van der Waals surface area contributed by atoms with Crippen LogP contribution >= 0.6 is 11.8 Å². The highest BCUT2D eigenvalue weighted by Crippen LogP contribution is 2.36. The highest BCUT2D eigenvalue weighted by molar-refractivity contribution is 8.18. The van der Waals surface area contributed by atoms with E-state index in [1.54, 1.807) is 30.2 Å². The molecule has 1 saturated heterocycles. The molecular weight excluding hydrogens is 578 g/mol. The van der Waals surface area contributed by atoms with Crippen LogP contribution in [0.3, 0.4) is 0 Å². The number of benzene rings is 3. The first-order valence-corrected chi connectivity index (χ1v) is 14.7. The lowest BCUT2D eigenvalue weighted by atomic mass is 10.1. The van der Waals surface area contributed by atoms with Crippen LogP contribution in [0.15, 0.2) is 105 Å². The molecule has 3 heterocycles. The first-order valence-electron chi connectivity index (χ1n) is 13.9. The summed E-state index contributed by atoms with van der Waals surface area (Å²) >= 11 is 1.35. The summed E-state index contributed by atoms with van der Waals surface area (Å²) in [6, 6.07) is 26.4. The van der Waals surface area contributed by atoms with Crippen molar-refractivity contribution >= 4 is 51.5 Å². The third kappa shape index (κ3) is 6.25. The van der Waals surface area contributed by atoms with Crippen LogP contribution in [0, 0.1) is 0 Å². The average molecular weight is 608 g/mol. The molecule has 0 bridgehead atoms. The van der Waals surface area contributed by atoms with E-state index in [0.29, 0.717) is 40.3 Å². The van der Waals surface area contributed by atoms with E-state index < -0.39 is 5.97 Å². The lowest BCUT2D eigenvalue weighted by Gasteiger charge is -2.15. The molecular formula is C34H29N3O6S. The van der Waals surface area contributed by atoms with E-state index in [1.165, 1.54) is 24.9 Å². The molecule has 1 aliphatic rings. The number of fused-ring (bicyclic) bond motifs is 1. The minimum absolute atomic E-state index is 0.0901. The molecule has 0 unspecified atom stereocenters. The number of amidine groups is 1. The maximum Gasteiger partial charge on any atom is 0.373 e. The number of hydrogen-bond acceptors (Lipinski definition) is 8. The highest BCUT2D eigenvalue weighted by atomic mass is 32.2. The summed E-state index contributed by atoms with van der Waals surface area (Å²) < 4.78 is 21.6. The summed E-state index contributed by atoms with van der Waals surface area (Å²) in [4.78, 5) is 35.8. The Bertz CT molecular complexity index is 1870. The van der Waals surface area contributed by atoms with Crippen molar-refractivity contribution in [2.24, 2.45) is 4.99 Å². The van der Waals surface area contributed by atoms with Gasteiger partial charge in [-0.2, -0.15) is 0 Å². The fourth-order valence-electron chi connectivity index (χ4n) is 4.83. The van der Waals surface area contributed by atoms with Gasteiger partial charge in [0.25, 0.3) is 5.91 Å². The predicted octanol–water partition coefficient (Wildman–Crippen LogP) is 6.98. The Morgan fingerprint density at radius 1 is 1.00 bits per heavy atom. The molecule has 1 N–H and O–H groups in total. The van der Waals surface area contributed by atoms with Crippen LogP contribution < -0.4 is 9.47 Å². The van der Waals surface area contributed by atoms with E-state index in [1.807, 2.05) is 66.9 Å². The number of ether oxygens (including phenoxy) is 3. The molecule has 0 spiro atoms. The molecule has 0 saturated carbocycles. The third-order valence-electron chi connectivity index (χ3n) is 7.05. The SMILES string of the molecule is COC(=O)c1ccc(COc2ccc(/C=C3\SC(=Nc4ccccc4)N(CCc4c[nH]c5ccccc45)C3=O)cc2OC)o1. The molecule has 3 aromatic carbocycles. The number of methoxy groups -OCH3 is 2. The van der Waals surface area contributed by atoms with E-state index in [2.05, 4.69) is 15.8 Å². The van der Waals surface area contributed by atoms with Crippen LogP contribution in [0.25, 0.3) is 17.0 Å². The second kappa shape index (κ2) is 13.0. The van der Waals surface area contributed by atoms with Gasteiger partial charge in [-0.15, -0.1) is 0 Å². The highest BCUT2D eigenvalue weighted by Gasteiger charge is 2.33. The fraction of sp³-hybridized carbons (Fsp3) is 0.147. The van der Waals surface area contributed by atoms with Gasteiger partial charge in [-0.1, -0.05) is 42.5 Å². The molecule has 0 atom stereocenters. The summed E-state index contributed by atoms with van der Waals surface area (Å²) in [5, 5.41) is 1.78. The van der Waals surface area contributed by atoms with Crippen molar-refractivity contribution in [1.82, 2.24) is 9.88 Å². The van der Waals surface area contributed by atoms with Crippen LogP contribution in [0.2, 0.25) is 0 Å². The quantitative estimate of drug-likeness (QED) is 0.135. The van der Waals surface area contributed by atoms with Gasteiger partial charge in [0, 0.05) is 23.6 Å². The molecule has 1 amide bonds. The number of amides is 1. The Labute approximate surface area is 258 Å². The van der Waals surface area contributed by atoms with Crippen LogP contribution in [0.4, 0.5) is 5.69 Å². The van der Waals surface area contributed by atoms with E-state index in [-0.39, 0.29) is 18.3 Å². The number of H-pyrrole nitrogens is 1. The van der Waals surface area contributed by atoms with Gasteiger partial charge in [0.1, 0.15) is 12.4 Å². The number of para-hydroxylation sites is 2. The lowest BCUT2D eigenvalue weighted by Crippen LogP contribution is -2.31. The molecule has 5 aromatic rings. The topological polar surface area (TPSA) is 106 Å². The van der Waals surface area contributed by atoms with E-state index >= 15 is 0 Å². The minimum atomic E-state index is -0.556. The van der Waals surface area contributed by atoms with Gasteiger partial charge in [0.05, 0.1) is 24.8 Å². The number of rotatable bonds is 10. The summed E-state index contributed by atoms with van der Waals surface area (Å²) in [6.45, 7) is 0.573. The van der Waals surface area contributed by atoms with Crippen LogP contribution in [-0.2, 0) is 22.6 Å². The lowest BCUT2D eigenvalue weighted by molar-refractivity contribution is -0.122. The zero-order chi connectivity index (χ0) is 30.5. The van der Waals surface area contributed by atoms with Gasteiger partial charge < -0.3 is 23.6 Å². The third-order valence-corrected chi connectivity index (χ3v) is 8.06. The molecule has 1 fully saturated rings. The fourth-order valence-corrected chi connectivity index (χ4v) is 5.86. The number of aromatic nitrogens is 1. The van der Waals surface area contributed by atoms with Crippen LogP contribution in [0.5, 0.6) is 11.5 Å². The number of furan rings is 1. The Kier molecular flexibility index (Phi) is 8.51. The first-order chi connectivity index (χ1) is 21.5. The van der Waals surface area contributed by atoms with Gasteiger partial charge >= 0.3 is 5.97 Å². The van der Waals surface area contributed by atoms with Crippen molar-refractivity contribution in [3.63, 3.8) is 0 Å². The Balaban J connectivity index is 1.22. The molecule has 9 nitrogen and oxygen atoms in total. The molecule has 6 rings (SSSR count). The summed E-state index contributed by atoms with van der Waals surface area (Å²) in [7, 11) is 2.84. The van der Waals surface area contributed by atoms with Gasteiger partial charge in [-0.3, -0.25) is 9.69 Å². The monoisotopic (exact) mass is 607 g/mol. The number of aromatic amines is 1. The van der Waals surface area contributed by atoms with Crippen molar-refractivity contribution < 1.29 is 28.2 Å². The van der Waals surface area contributed by atoms with Crippen molar-refractivity contribution in [3.8, 4) is 11.5 Å². The van der Waals surface area contributed by atoms with Crippen LogP contribution in [-0.4, -0.2) is 47.7 Å². The number of thioether (sulfide) groups is 1. The standard InChI is InChI=1S/C34H29N3O6S/c1-40-30-18-22(12-14-28(30)42-21-25-13-15-29(43-25)33(39)41-2)19-31-32(38)37(34(44-31)36-24-8-4-3-5-9-24)17-16-23-20-35-27-11-7-6-10-26(23)27/h3-15,18-20,35H,16-17,21H2,1-2H3/b31-19-,36-34?. The molecule has 1 aliphatic heterocycles. The largest absolute Gasteiger partial charge is 0.493 e. The van der Waals surface area contributed by atoms with Crippen molar-refractivity contribution in [2.45, 2.75) is 13.0 Å². The molecule has 0 aliphatic carbocycles. The van der Waals surface area contributed by atoms with Crippen LogP contribution in [0.1, 0.15) is 27.4 Å². The van der Waals surface area contributed by atoms with Crippen molar-refractivity contribution in [3.05, 3.63) is 119 Å². The molecule has 44 heavy (non-hydrogen) atoms. The second-order valence-electron chi connectivity index (χ2n) is 9.86. The smallest absolute Gasteiger partial charge is 0.373 e. The number of carbonyl (C=O) groups excluding carboxylic acids is 2. The first kappa shape index (κ1) is 28.9. The average Bonchev–Trinajstić information content (AvgIpc) is 3.77. The second-order valence-corrected chi connectivity index (χ2v) is 10.9. The number of hydrogen-bond donors (Lipinski definition) is 1. The Hall–Kier alpha value is -5.22. The Morgan fingerprint density at radius 3 is 2.64 bits per heavy atom. The number of nitrogens with zero attached hydrogens (tertiary/aromatic N) is 2. The maximum atomic E-state index is 13.7. The van der Waals surface area contributed by atoms with Gasteiger partial charge in [0.15, 0.2) is 16.7 Å². The zero-order valence-electron chi connectivity index (χ0n) is 24.1. The molecule has 222 valence electrons. The van der Waals surface area contributed by atoms with Crippen molar-refractivity contribution in [2.75, 3.05) is 20.8 Å².